The number of rotatable bonds is 7. The van der Waals surface area contributed by atoms with E-state index >= 15 is 0 Å². The molecule has 9 nitrogen and oxygen atoms in total. The van der Waals surface area contributed by atoms with Gasteiger partial charge in [-0.1, -0.05) is 23.8 Å². The van der Waals surface area contributed by atoms with Gasteiger partial charge in [-0.3, -0.25) is 24.6 Å². The van der Waals surface area contributed by atoms with Gasteiger partial charge in [-0.15, -0.1) is 0 Å². The number of hydrogen-bond acceptors (Lipinski definition) is 7. The van der Waals surface area contributed by atoms with E-state index in [0.29, 0.717) is 22.7 Å². The molecule has 1 aliphatic heterocycles. The minimum absolute atomic E-state index is 0.0196. The predicted molar refractivity (Wildman–Crippen MR) is 140 cm³/mol. The molecular weight excluding hydrogens is 500 g/mol. The number of nitro benzene ring substituents is 1. The smallest absolute Gasteiger partial charge is 0.338 e. The van der Waals surface area contributed by atoms with Crippen molar-refractivity contribution in [2.45, 2.75) is 20.0 Å². The minimum Gasteiger partial charge on any atom is -0.457 e. The Morgan fingerprint density at radius 1 is 0.923 bits per heavy atom. The number of carbonyl (C=O) groups excluding carboxylic acids is 3. The molecule has 3 aliphatic rings. The molecule has 2 aliphatic carbocycles. The number of anilines is 1. The van der Waals surface area contributed by atoms with Crippen LogP contribution >= 0.6 is 0 Å². The summed E-state index contributed by atoms with van der Waals surface area (Å²) in [7, 11) is 0. The molecular formula is C30H24N2O7. The van der Waals surface area contributed by atoms with Gasteiger partial charge in [0.05, 0.1) is 28.0 Å². The maximum atomic E-state index is 13.1. The largest absolute Gasteiger partial charge is 0.457 e. The zero-order chi connectivity index (χ0) is 27.3. The van der Waals surface area contributed by atoms with E-state index in [9.17, 15) is 24.5 Å². The third-order valence-corrected chi connectivity index (χ3v) is 7.82. The second-order valence-electron chi connectivity index (χ2n) is 10.1. The van der Waals surface area contributed by atoms with Crippen LogP contribution in [0.2, 0.25) is 0 Å². The van der Waals surface area contributed by atoms with Crippen molar-refractivity contribution in [1.82, 2.24) is 0 Å². The van der Waals surface area contributed by atoms with Crippen LogP contribution in [0.5, 0.6) is 11.5 Å². The second kappa shape index (κ2) is 9.50. The Morgan fingerprint density at radius 2 is 1.54 bits per heavy atom. The molecule has 9 heteroatoms. The van der Waals surface area contributed by atoms with Crippen LogP contribution in [0.4, 0.5) is 11.4 Å². The van der Waals surface area contributed by atoms with Gasteiger partial charge in [0.25, 0.3) is 5.69 Å². The molecule has 39 heavy (non-hydrogen) atoms. The van der Waals surface area contributed by atoms with Crippen LogP contribution in [-0.4, -0.2) is 22.7 Å². The lowest BCUT2D eigenvalue weighted by molar-refractivity contribution is -0.384. The summed E-state index contributed by atoms with van der Waals surface area (Å²) < 4.78 is 11.1. The van der Waals surface area contributed by atoms with E-state index in [0.717, 1.165) is 12.0 Å². The number of hydrogen-bond donors (Lipinski definition) is 0. The lowest BCUT2D eigenvalue weighted by atomic mass is 9.82. The maximum absolute atomic E-state index is 13.1. The fourth-order valence-electron chi connectivity index (χ4n) is 5.93. The summed E-state index contributed by atoms with van der Waals surface area (Å²) in [4.78, 5) is 50.4. The van der Waals surface area contributed by atoms with Crippen molar-refractivity contribution in [1.29, 1.82) is 0 Å². The number of nitrogens with zero attached hydrogens (tertiary/aromatic N) is 2. The van der Waals surface area contributed by atoms with E-state index in [1.807, 2.05) is 6.92 Å². The van der Waals surface area contributed by atoms with E-state index in [1.165, 1.54) is 34.7 Å². The average Bonchev–Trinajstić information content (AvgIpc) is 3.58. The normalized spacial score (nSPS) is 23.0. The first kappa shape index (κ1) is 24.5. The summed E-state index contributed by atoms with van der Waals surface area (Å²) in [6, 6.07) is 19.0. The van der Waals surface area contributed by atoms with E-state index < -0.39 is 10.9 Å². The molecule has 6 rings (SSSR count). The molecule has 0 radical (unpaired) electrons. The molecule has 1 saturated carbocycles. The SMILES string of the molecule is CC1=C[C@H]2C[C@@H]1[C@@H]1C(=O)N(c3ccc(C(=O)OCc4ccc(Oc5ccc([N+](=O)[O-])cc5)cc4)cc3)C(=O)[C@H]12. The van der Waals surface area contributed by atoms with Crippen molar-refractivity contribution in [3.63, 3.8) is 0 Å². The van der Waals surface area contributed by atoms with Crippen molar-refractivity contribution in [2.24, 2.45) is 23.7 Å². The summed E-state index contributed by atoms with van der Waals surface area (Å²) in [6.45, 7) is 2.08. The molecule has 0 N–H and O–H groups in total. The molecule has 1 saturated heterocycles. The first-order valence-corrected chi connectivity index (χ1v) is 12.6. The molecule has 2 amide bonds. The molecule has 0 unspecified atom stereocenters. The molecule has 3 aromatic rings. The summed E-state index contributed by atoms with van der Waals surface area (Å²) in [6.07, 6.45) is 3.02. The van der Waals surface area contributed by atoms with Crippen molar-refractivity contribution < 1.29 is 28.8 Å². The Labute approximate surface area is 223 Å². The molecule has 2 bridgehead atoms. The quantitative estimate of drug-likeness (QED) is 0.133. The highest BCUT2D eigenvalue weighted by Crippen LogP contribution is 2.55. The van der Waals surface area contributed by atoms with E-state index in [4.69, 9.17) is 9.47 Å². The fourth-order valence-corrected chi connectivity index (χ4v) is 5.93. The summed E-state index contributed by atoms with van der Waals surface area (Å²) in [5, 5.41) is 10.8. The zero-order valence-corrected chi connectivity index (χ0v) is 21.0. The van der Waals surface area contributed by atoms with Crippen molar-refractivity contribution >= 4 is 29.2 Å². The lowest BCUT2D eigenvalue weighted by Crippen LogP contribution is -2.32. The Morgan fingerprint density at radius 3 is 2.18 bits per heavy atom. The zero-order valence-electron chi connectivity index (χ0n) is 21.0. The van der Waals surface area contributed by atoms with E-state index in [1.54, 1.807) is 48.5 Å². The van der Waals surface area contributed by atoms with Gasteiger partial charge in [-0.25, -0.2) is 4.79 Å². The lowest BCUT2D eigenvalue weighted by Gasteiger charge is -2.19. The standard InChI is InChI=1S/C30H24N2O7/c1-17-14-20-15-25(17)27-26(20)28(33)31(29(27)34)21-6-4-19(5-7-21)30(35)38-16-18-2-10-23(11-3-18)39-24-12-8-22(9-13-24)32(36)37/h2-14,20,25-27H,15-16H2,1H3/t20-,25-,26-,27-/m0/s1. The summed E-state index contributed by atoms with van der Waals surface area (Å²) >= 11 is 0. The number of non-ortho nitro benzene ring substituents is 1. The number of allylic oxidation sites excluding steroid dienone is 2. The molecule has 0 spiro atoms. The molecule has 196 valence electrons. The number of esters is 1. The number of ether oxygens (including phenoxy) is 2. The van der Waals surface area contributed by atoms with Crippen LogP contribution in [0.1, 0.15) is 29.3 Å². The first-order chi connectivity index (χ1) is 18.8. The van der Waals surface area contributed by atoms with Crippen molar-refractivity contribution in [3.8, 4) is 11.5 Å². The van der Waals surface area contributed by atoms with E-state index in [2.05, 4.69) is 6.08 Å². The highest BCUT2D eigenvalue weighted by Gasteiger charge is 2.60. The first-order valence-electron chi connectivity index (χ1n) is 12.6. The average molecular weight is 525 g/mol. The topological polar surface area (TPSA) is 116 Å². The molecule has 0 aromatic heterocycles. The van der Waals surface area contributed by atoms with Crippen LogP contribution in [0.15, 0.2) is 84.4 Å². The van der Waals surface area contributed by atoms with E-state index in [-0.39, 0.29) is 47.8 Å². The number of nitro groups is 1. The van der Waals surface area contributed by atoms with Crippen LogP contribution in [0.25, 0.3) is 0 Å². The fraction of sp³-hybridized carbons (Fsp3) is 0.233. The highest BCUT2D eigenvalue weighted by atomic mass is 16.6. The van der Waals surface area contributed by atoms with Gasteiger partial charge >= 0.3 is 5.97 Å². The van der Waals surface area contributed by atoms with Crippen LogP contribution in [0, 0.1) is 33.8 Å². The van der Waals surface area contributed by atoms with Crippen LogP contribution in [0.3, 0.4) is 0 Å². The second-order valence-corrected chi connectivity index (χ2v) is 10.1. The monoisotopic (exact) mass is 524 g/mol. The minimum atomic E-state index is -0.526. The maximum Gasteiger partial charge on any atom is 0.338 e. The van der Waals surface area contributed by atoms with Gasteiger partial charge in [0.1, 0.15) is 18.1 Å². The Hall–Kier alpha value is -4.79. The predicted octanol–water partition coefficient (Wildman–Crippen LogP) is 5.45. The molecule has 3 aromatic carbocycles. The highest BCUT2D eigenvalue weighted by molar-refractivity contribution is 6.23. The van der Waals surface area contributed by atoms with Gasteiger partial charge in [0.15, 0.2) is 0 Å². The molecule has 1 heterocycles. The third-order valence-electron chi connectivity index (χ3n) is 7.82. The Balaban J connectivity index is 1.05. The van der Waals surface area contributed by atoms with Gasteiger partial charge in [0, 0.05) is 12.1 Å². The number of amides is 2. The molecule has 4 atom stereocenters. The Kier molecular flexibility index (Phi) is 5.98. The van der Waals surface area contributed by atoms with Crippen LogP contribution in [-0.2, 0) is 20.9 Å². The van der Waals surface area contributed by atoms with Crippen molar-refractivity contribution in [2.75, 3.05) is 4.90 Å². The number of fused-ring (bicyclic) bond motifs is 5. The number of benzene rings is 3. The van der Waals surface area contributed by atoms with Gasteiger partial charge in [0.2, 0.25) is 11.8 Å². The number of imide groups is 1. The van der Waals surface area contributed by atoms with Gasteiger partial charge < -0.3 is 9.47 Å². The van der Waals surface area contributed by atoms with Crippen molar-refractivity contribution in [3.05, 3.63) is 106 Å². The Bertz CT molecular complexity index is 1510. The third kappa shape index (κ3) is 4.35. The summed E-state index contributed by atoms with van der Waals surface area (Å²) in [5.74, 6) is -0.103. The van der Waals surface area contributed by atoms with Crippen LogP contribution < -0.4 is 9.64 Å². The van der Waals surface area contributed by atoms with Gasteiger partial charge in [-0.2, -0.15) is 0 Å². The molecule has 2 fully saturated rings. The number of carbonyl (C=O) groups is 3. The summed E-state index contributed by atoms with van der Waals surface area (Å²) in [5.41, 5.74) is 2.71. The van der Waals surface area contributed by atoms with Gasteiger partial charge in [-0.05, 0) is 79.3 Å².